The van der Waals surface area contributed by atoms with Crippen LogP contribution in [0, 0.1) is 0 Å². The van der Waals surface area contributed by atoms with Crippen LogP contribution in [0.3, 0.4) is 0 Å². The SMILES string of the molecule is O=C(/C=C/c1cccc(Sc2ccc3ccccc3n2)c1)NO. The van der Waals surface area contributed by atoms with Crippen LogP contribution in [0.4, 0.5) is 0 Å². The number of hydrogen-bond acceptors (Lipinski definition) is 4. The summed E-state index contributed by atoms with van der Waals surface area (Å²) in [6.07, 6.45) is 2.92. The van der Waals surface area contributed by atoms with Crippen molar-refractivity contribution in [1.82, 2.24) is 10.5 Å². The number of benzene rings is 2. The number of amides is 1. The molecular weight excluding hydrogens is 308 g/mol. The lowest BCUT2D eigenvalue weighted by atomic mass is 10.2. The first-order chi connectivity index (χ1) is 11.2. The van der Waals surface area contributed by atoms with Gasteiger partial charge in [0, 0.05) is 16.4 Å². The molecule has 1 heterocycles. The summed E-state index contributed by atoms with van der Waals surface area (Å²) in [5, 5.41) is 10.5. The van der Waals surface area contributed by atoms with Crippen molar-refractivity contribution < 1.29 is 10.0 Å². The Morgan fingerprint density at radius 3 is 2.83 bits per heavy atom. The fourth-order valence-corrected chi connectivity index (χ4v) is 2.98. The summed E-state index contributed by atoms with van der Waals surface area (Å²) in [6, 6.07) is 19.8. The van der Waals surface area contributed by atoms with Gasteiger partial charge >= 0.3 is 0 Å². The molecular formula is C18H14N2O2S. The number of rotatable bonds is 4. The fraction of sp³-hybridized carbons (Fsp3) is 0. The van der Waals surface area contributed by atoms with Gasteiger partial charge in [0.2, 0.25) is 0 Å². The van der Waals surface area contributed by atoms with E-state index in [0.29, 0.717) is 0 Å². The first-order valence-electron chi connectivity index (χ1n) is 7.00. The fourth-order valence-electron chi connectivity index (χ4n) is 2.12. The van der Waals surface area contributed by atoms with E-state index in [0.717, 1.165) is 26.4 Å². The van der Waals surface area contributed by atoms with E-state index in [9.17, 15) is 4.79 Å². The van der Waals surface area contributed by atoms with E-state index in [2.05, 4.69) is 11.1 Å². The van der Waals surface area contributed by atoms with E-state index in [4.69, 9.17) is 5.21 Å². The largest absolute Gasteiger partial charge is 0.288 e. The lowest BCUT2D eigenvalue weighted by molar-refractivity contribution is -0.124. The minimum absolute atomic E-state index is 0.556. The third-order valence-electron chi connectivity index (χ3n) is 3.19. The van der Waals surface area contributed by atoms with Gasteiger partial charge in [-0.2, -0.15) is 0 Å². The van der Waals surface area contributed by atoms with Crippen molar-refractivity contribution in [2.75, 3.05) is 0 Å². The second kappa shape index (κ2) is 7.09. The van der Waals surface area contributed by atoms with Crippen molar-refractivity contribution in [3.8, 4) is 0 Å². The number of fused-ring (bicyclic) bond motifs is 1. The van der Waals surface area contributed by atoms with Gasteiger partial charge in [0.05, 0.1) is 5.52 Å². The molecule has 0 atom stereocenters. The predicted octanol–water partition coefficient (Wildman–Crippen LogP) is 3.90. The molecule has 0 aliphatic rings. The highest BCUT2D eigenvalue weighted by Gasteiger charge is 2.02. The third kappa shape index (κ3) is 3.97. The lowest BCUT2D eigenvalue weighted by Gasteiger charge is -2.04. The number of para-hydroxylation sites is 1. The number of hydroxylamine groups is 1. The Hall–Kier alpha value is -2.63. The zero-order chi connectivity index (χ0) is 16.1. The molecule has 2 aromatic carbocycles. The molecule has 0 radical (unpaired) electrons. The van der Waals surface area contributed by atoms with Crippen LogP contribution in [-0.2, 0) is 4.79 Å². The van der Waals surface area contributed by atoms with E-state index in [1.165, 1.54) is 6.08 Å². The van der Waals surface area contributed by atoms with E-state index in [1.54, 1.807) is 23.3 Å². The Labute approximate surface area is 137 Å². The van der Waals surface area contributed by atoms with Crippen molar-refractivity contribution in [1.29, 1.82) is 0 Å². The number of aromatic nitrogens is 1. The maximum Gasteiger partial charge on any atom is 0.267 e. The molecule has 23 heavy (non-hydrogen) atoms. The molecule has 0 saturated carbocycles. The van der Waals surface area contributed by atoms with Crippen LogP contribution >= 0.6 is 11.8 Å². The summed E-state index contributed by atoms with van der Waals surface area (Å²) < 4.78 is 0. The molecule has 2 N–H and O–H groups in total. The molecule has 0 spiro atoms. The van der Waals surface area contributed by atoms with Gasteiger partial charge in [0.25, 0.3) is 5.91 Å². The average molecular weight is 322 g/mol. The van der Waals surface area contributed by atoms with Crippen LogP contribution in [0.1, 0.15) is 5.56 Å². The van der Waals surface area contributed by atoms with Gasteiger partial charge in [0.15, 0.2) is 0 Å². The molecule has 0 unspecified atom stereocenters. The Morgan fingerprint density at radius 1 is 1.09 bits per heavy atom. The molecule has 1 amide bonds. The molecule has 0 fully saturated rings. The molecule has 0 saturated heterocycles. The van der Waals surface area contributed by atoms with E-state index in [1.807, 2.05) is 54.6 Å². The summed E-state index contributed by atoms with van der Waals surface area (Å²) >= 11 is 1.56. The van der Waals surface area contributed by atoms with Crippen LogP contribution in [0.15, 0.2) is 76.7 Å². The van der Waals surface area contributed by atoms with Gasteiger partial charge in [0.1, 0.15) is 5.03 Å². The molecule has 3 rings (SSSR count). The second-order valence-electron chi connectivity index (χ2n) is 4.83. The highest BCUT2D eigenvalue weighted by molar-refractivity contribution is 7.99. The summed E-state index contributed by atoms with van der Waals surface area (Å²) in [4.78, 5) is 16.7. The van der Waals surface area contributed by atoms with Gasteiger partial charge in [-0.1, -0.05) is 48.2 Å². The average Bonchev–Trinajstić information content (AvgIpc) is 2.60. The van der Waals surface area contributed by atoms with Gasteiger partial charge < -0.3 is 0 Å². The van der Waals surface area contributed by atoms with Crippen LogP contribution in [-0.4, -0.2) is 16.1 Å². The van der Waals surface area contributed by atoms with Crippen LogP contribution in [0.25, 0.3) is 17.0 Å². The lowest BCUT2D eigenvalue weighted by Crippen LogP contribution is -2.14. The topological polar surface area (TPSA) is 62.2 Å². The zero-order valence-electron chi connectivity index (χ0n) is 12.1. The number of carbonyl (C=O) groups excluding carboxylic acids is 1. The van der Waals surface area contributed by atoms with Crippen molar-refractivity contribution >= 4 is 34.6 Å². The Bertz CT molecular complexity index is 878. The number of carbonyl (C=O) groups is 1. The van der Waals surface area contributed by atoms with Crippen molar-refractivity contribution in [2.24, 2.45) is 0 Å². The normalized spacial score (nSPS) is 11.0. The number of nitrogens with one attached hydrogen (secondary N) is 1. The van der Waals surface area contributed by atoms with Gasteiger partial charge in [-0.3, -0.25) is 10.0 Å². The van der Waals surface area contributed by atoms with Gasteiger partial charge in [-0.05, 0) is 35.9 Å². The maximum atomic E-state index is 11.0. The first kappa shape index (κ1) is 15.3. The smallest absolute Gasteiger partial charge is 0.267 e. The van der Waals surface area contributed by atoms with Crippen molar-refractivity contribution in [2.45, 2.75) is 9.92 Å². The predicted molar refractivity (Wildman–Crippen MR) is 91.3 cm³/mol. The summed E-state index contributed by atoms with van der Waals surface area (Å²) in [7, 11) is 0. The quantitative estimate of drug-likeness (QED) is 0.434. The zero-order valence-corrected chi connectivity index (χ0v) is 13.0. The first-order valence-corrected chi connectivity index (χ1v) is 7.82. The maximum absolute atomic E-state index is 11.0. The molecule has 0 aliphatic carbocycles. The van der Waals surface area contributed by atoms with Crippen LogP contribution in [0.2, 0.25) is 0 Å². The van der Waals surface area contributed by atoms with Crippen LogP contribution in [0.5, 0.6) is 0 Å². The van der Waals surface area contributed by atoms with Gasteiger partial charge in [-0.15, -0.1) is 0 Å². The minimum atomic E-state index is -0.556. The summed E-state index contributed by atoms with van der Waals surface area (Å²) in [5.41, 5.74) is 3.41. The molecule has 4 nitrogen and oxygen atoms in total. The van der Waals surface area contributed by atoms with Crippen molar-refractivity contribution in [3.05, 3.63) is 72.3 Å². The molecule has 5 heteroatoms. The van der Waals surface area contributed by atoms with Crippen molar-refractivity contribution in [3.63, 3.8) is 0 Å². The number of hydrogen-bond donors (Lipinski definition) is 2. The minimum Gasteiger partial charge on any atom is -0.288 e. The standard InChI is InChI=1S/C18H14N2O2S/c21-17(20-22)10-8-13-4-3-6-15(12-13)23-18-11-9-14-5-1-2-7-16(14)19-18/h1-12,22H,(H,20,21)/b10-8+. The van der Waals surface area contributed by atoms with E-state index >= 15 is 0 Å². The molecule has 1 aromatic heterocycles. The second-order valence-corrected chi connectivity index (χ2v) is 5.92. The molecule has 3 aromatic rings. The Kier molecular flexibility index (Phi) is 4.71. The Balaban J connectivity index is 1.81. The molecule has 0 aliphatic heterocycles. The monoisotopic (exact) mass is 322 g/mol. The van der Waals surface area contributed by atoms with Gasteiger partial charge in [-0.25, -0.2) is 10.5 Å². The number of pyridine rings is 1. The Morgan fingerprint density at radius 2 is 1.96 bits per heavy atom. The highest BCUT2D eigenvalue weighted by atomic mass is 32.2. The molecule has 0 bridgehead atoms. The highest BCUT2D eigenvalue weighted by Crippen LogP contribution is 2.28. The number of nitrogens with zero attached hydrogens (tertiary/aromatic N) is 1. The van der Waals surface area contributed by atoms with E-state index < -0.39 is 5.91 Å². The van der Waals surface area contributed by atoms with E-state index in [-0.39, 0.29) is 0 Å². The molecule has 114 valence electrons. The summed E-state index contributed by atoms with van der Waals surface area (Å²) in [5.74, 6) is -0.556. The summed E-state index contributed by atoms with van der Waals surface area (Å²) in [6.45, 7) is 0. The third-order valence-corrected chi connectivity index (χ3v) is 4.12. The van der Waals surface area contributed by atoms with Crippen LogP contribution < -0.4 is 5.48 Å².